The van der Waals surface area contributed by atoms with Crippen molar-refractivity contribution in [2.24, 2.45) is 0 Å². The summed E-state index contributed by atoms with van der Waals surface area (Å²) in [5, 5.41) is 9.24. The number of carbonyl (C=O) groups is 1. The highest BCUT2D eigenvalue weighted by Gasteiger charge is 2.31. The van der Waals surface area contributed by atoms with Crippen LogP contribution in [0, 0.1) is 0 Å². The summed E-state index contributed by atoms with van der Waals surface area (Å²) in [7, 11) is 0. The average Bonchev–Trinajstić information content (AvgIpc) is 3.14. The third-order valence-corrected chi connectivity index (χ3v) is 5.67. The van der Waals surface area contributed by atoms with Gasteiger partial charge in [0.25, 0.3) is 0 Å². The van der Waals surface area contributed by atoms with Crippen LogP contribution in [-0.2, 0) is 9.53 Å². The Bertz CT molecular complexity index is 1060. The number of pyridine rings is 1. The van der Waals surface area contributed by atoms with E-state index in [-0.39, 0.29) is 11.9 Å². The first kappa shape index (κ1) is 21.1. The van der Waals surface area contributed by atoms with E-state index in [1.54, 1.807) is 30.6 Å². The van der Waals surface area contributed by atoms with Crippen LogP contribution in [0.25, 0.3) is 11.0 Å². The minimum absolute atomic E-state index is 0.182. The zero-order chi connectivity index (χ0) is 21.3. The Morgan fingerprint density at radius 1 is 1.17 bits per heavy atom. The molecular formula is C21H23Cl2N5O2. The molecule has 1 amide bonds. The number of anilines is 1. The molecule has 30 heavy (non-hydrogen) atoms. The fourth-order valence-corrected chi connectivity index (χ4v) is 4.17. The van der Waals surface area contributed by atoms with Crippen molar-refractivity contribution in [3.05, 3.63) is 52.3 Å². The average molecular weight is 448 g/mol. The van der Waals surface area contributed by atoms with E-state index >= 15 is 0 Å². The molecule has 1 atom stereocenters. The van der Waals surface area contributed by atoms with Gasteiger partial charge in [0.2, 0.25) is 5.91 Å². The second kappa shape index (κ2) is 8.89. The molecule has 1 aliphatic heterocycles. The number of nitrogens with zero attached hydrogens (tertiary/aromatic N) is 4. The summed E-state index contributed by atoms with van der Waals surface area (Å²) in [6.07, 6.45) is 3.41. The lowest BCUT2D eigenvalue weighted by atomic mass is 10.0. The van der Waals surface area contributed by atoms with Crippen molar-refractivity contribution in [2.75, 3.05) is 31.6 Å². The molecule has 158 valence electrons. The summed E-state index contributed by atoms with van der Waals surface area (Å²) in [5.74, 6) is -0.182. The van der Waals surface area contributed by atoms with Gasteiger partial charge in [-0.1, -0.05) is 29.3 Å². The van der Waals surface area contributed by atoms with E-state index < -0.39 is 6.04 Å². The number of benzene rings is 1. The van der Waals surface area contributed by atoms with E-state index in [2.05, 4.69) is 20.3 Å². The lowest BCUT2D eigenvalue weighted by Crippen LogP contribution is -2.44. The number of nitrogens with one attached hydrogen (secondary N) is 1. The summed E-state index contributed by atoms with van der Waals surface area (Å²) in [6, 6.07) is 6.73. The maximum absolute atomic E-state index is 13.4. The Balaban J connectivity index is 1.63. The van der Waals surface area contributed by atoms with Crippen LogP contribution >= 0.6 is 23.2 Å². The number of fused-ring (bicyclic) bond motifs is 1. The van der Waals surface area contributed by atoms with Gasteiger partial charge < -0.3 is 10.1 Å². The second-order valence-corrected chi connectivity index (χ2v) is 8.37. The predicted molar refractivity (Wildman–Crippen MR) is 118 cm³/mol. The Labute approximate surface area is 184 Å². The topological polar surface area (TPSA) is 72.3 Å². The third kappa shape index (κ3) is 4.30. The van der Waals surface area contributed by atoms with Crippen molar-refractivity contribution < 1.29 is 9.53 Å². The largest absolute Gasteiger partial charge is 0.379 e. The maximum atomic E-state index is 13.4. The van der Waals surface area contributed by atoms with Gasteiger partial charge in [-0.2, -0.15) is 5.10 Å². The molecule has 9 heteroatoms. The van der Waals surface area contributed by atoms with Crippen LogP contribution in [0.2, 0.25) is 10.0 Å². The van der Waals surface area contributed by atoms with Gasteiger partial charge in [0.15, 0.2) is 5.65 Å². The van der Waals surface area contributed by atoms with Gasteiger partial charge in [-0.05, 0) is 37.6 Å². The second-order valence-electron chi connectivity index (χ2n) is 7.53. The highest BCUT2D eigenvalue weighted by molar-refractivity contribution is 6.35. The minimum atomic E-state index is -0.562. The number of amides is 1. The molecule has 1 N–H and O–H groups in total. The van der Waals surface area contributed by atoms with Crippen molar-refractivity contribution in [2.45, 2.75) is 25.9 Å². The fourth-order valence-electron chi connectivity index (χ4n) is 3.66. The molecule has 1 aromatic carbocycles. The van der Waals surface area contributed by atoms with Crippen LogP contribution in [0.4, 0.5) is 5.69 Å². The molecule has 4 rings (SSSR count). The van der Waals surface area contributed by atoms with Gasteiger partial charge >= 0.3 is 0 Å². The number of halogens is 2. The molecule has 0 saturated carbocycles. The van der Waals surface area contributed by atoms with Gasteiger partial charge in [0.05, 0.1) is 31.3 Å². The lowest BCUT2D eigenvalue weighted by Gasteiger charge is -2.34. The van der Waals surface area contributed by atoms with Gasteiger partial charge in [-0.25, -0.2) is 9.67 Å². The Hall–Kier alpha value is -2.19. The summed E-state index contributed by atoms with van der Waals surface area (Å²) >= 11 is 12.5. The summed E-state index contributed by atoms with van der Waals surface area (Å²) < 4.78 is 7.31. The molecule has 1 fully saturated rings. The summed E-state index contributed by atoms with van der Waals surface area (Å²) in [5.41, 5.74) is 2.11. The lowest BCUT2D eigenvalue weighted by molar-refractivity contribution is -0.123. The minimum Gasteiger partial charge on any atom is -0.379 e. The SMILES string of the molecule is CC(C)n1ncc2cc(NC(=O)C(c3ccc(Cl)cc3Cl)N3CCOCC3)cnc21. The Morgan fingerprint density at radius 3 is 2.63 bits per heavy atom. The van der Waals surface area contributed by atoms with Crippen LogP contribution in [0.5, 0.6) is 0 Å². The van der Waals surface area contributed by atoms with Gasteiger partial charge in [0.1, 0.15) is 6.04 Å². The third-order valence-electron chi connectivity index (χ3n) is 5.11. The zero-order valence-corrected chi connectivity index (χ0v) is 18.3. The van der Waals surface area contributed by atoms with Crippen LogP contribution in [0.1, 0.15) is 31.5 Å². The Morgan fingerprint density at radius 2 is 1.93 bits per heavy atom. The molecule has 0 radical (unpaired) electrons. The number of ether oxygens (including phenoxy) is 1. The van der Waals surface area contributed by atoms with Gasteiger partial charge in [-0.15, -0.1) is 0 Å². The van der Waals surface area contributed by atoms with E-state index in [9.17, 15) is 4.79 Å². The van der Waals surface area contributed by atoms with E-state index in [0.29, 0.717) is 47.6 Å². The summed E-state index contributed by atoms with van der Waals surface area (Å²) in [4.78, 5) is 19.9. The number of hydrogen-bond donors (Lipinski definition) is 1. The molecule has 2 aromatic heterocycles. The standard InChI is InChI=1S/C21H23Cl2N5O2/c1-13(2)28-20-14(11-25-28)9-16(12-24-20)26-21(29)19(27-5-7-30-8-6-27)17-4-3-15(22)10-18(17)23/h3-4,9-13,19H,5-8H2,1-2H3,(H,26,29). The molecule has 0 bridgehead atoms. The Kier molecular flexibility index (Phi) is 6.24. The van der Waals surface area contributed by atoms with Crippen molar-refractivity contribution in [1.82, 2.24) is 19.7 Å². The van der Waals surface area contributed by atoms with Crippen molar-refractivity contribution in [3.8, 4) is 0 Å². The quantitative estimate of drug-likeness (QED) is 0.629. The number of hydrogen-bond acceptors (Lipinski definition) is 5. The number of morpholine rings is 1. The van der Waals surface area contributed by atoms with E-state index in [1.165, 1.54) is 0 Å². The number of aromatic nitrogens is 3. The zero-order valence-electron chi connectivity index (χ0n) is 16.8. The molecule has 0 spiro atoms. The molecule has 3 aromatic rings. The van der Waals surface area contributed by atoms with E-state index in [1.807, 2.05) is 24.6 Å². The maximum Gasteiger partial charge on any atom is 0.246 e. The first-order valence-corrected chi connectivity index (χ1v) is 10.6. The molecule has 7 nitrogen and oxygen atoms in total. The normalized spacial score (nSPS) is 16.2. The summed E-state index contributed by atoms with van der Waals surface area (Å²) in [6.45, 7) is 6.50. The van der Waals surface area contributed by atoms with Crippen molar-refractivity contribution in [1.29, 1.82) is 0 Å². The molecule has 1 unspecified atom stereocenters. The van der Waals surface area contributed by atoms with E-state index in [0.717, 1.165) is 11.0 Å². The molecule has 1 saturated heterocycles. The van der Waals surface area contributed by atoms with Crippen molar-refractivity contribution in [3.63, 3.8) is 0 Å². The fraction of sp³-hybridized carbons (Fsp3) is 0.381. The van der Waals surface area contributed by atoms with Crippen LogP contribution in [-0.4, -0.2) is 51.9 Å². The highest BCUT2D eigenvalue weighted by atomic mass is 35.5. The van der Waals surface area contributed by atoms with Gasteiger partial charge in [0, 0.05) is 34.6 Å². The van der Waals surface area contributed by atoms with Gasteiger partial charge in [-0.3, -0.25) is 9.69 Å². The molecule has 0 aliphatic carbocycles. The van der Waals surface area contributed by atoms with Crippen molar-refractivity contribution >= 4 is 45.8 Å². The predicted octanol–water partition coefficient (Wildman–Crippen LogP) is 4.33. The highest BCUT2D eigenvalue weighted by Crippen LogP contribution is 2.32. The molecule has 1 aliphatic rings. The molecular weight excluding hydrogens is 425 g/mol. The smallest absolute Gasteiger partial charge is 0.246 e. The van der Waals surface area contributed by atoms with Crippen LogP contribution in [0.15, 0.2) is 36.7 Å². The van der Waals surface area contributed by atoms with E-state index in [4.69, 9.17) is 27.9 Å². The number of carbonyl (C=O) groups excluding carboxylic acids is 1. The first-order valence-electron chi connectivity index (χ1n) is 9.85. The first-order chi connectivity index (χ1) is 14.4. The van der Waals surface area contributed by atoms with Crippen LogP contribution in [0.3, 0.4) is 0 Å². The molecule has 3 heterocycles. The monoisotopic (exact) mass is 447 g/mol. The van der Waals surface area contributed by atoms with Crippen LogP contribution < -0.4 is 5.32 Å². The number of rotatable bonds is 5.